The van der Waals surface area contributed by atoms with Crippen molar-refractivity contribution in [3.8, 4) is 0 Å². The largest absolute Gasteiger partial charge is 0.504 e. The second-order valence-electron chi connectivity index (χ2n) is 1.95. The minimum absolute atomic E-state index is 0.295. The molecule has 0 aromatic carbocycles. The van der Waals surface area contributed by atoms with Crippen molar-refractivity contribution in [2.45, 2.75) is 20.3 Å². The molecule has 3 heteroatoms. The highest BCUT2D eigenvalue weighted by atomic mass is 16.5. The predicted molar refractivity (Wildman–Crippen MR) is 42.0 cm³/mol. The average Bonchev–Trinajstić information content (AvgIpc) is 2.00. The van der Waals surface area contributed by atoms with Gasteiger partial charge in [-0.25, -0.2) is 4.79 Å². The third-order valence-electron chi connectivity index (χ3n) is 1.18. The Bertz CT molecular complexity index is 149. The Labute approximate surface area is 67.0 Å². The van der Waals surface area contributed by atoms with E-state index >= 15 is 0 Å². The van der Waals surface area contributed by atoms with Crippen molar-refractivity contribution in [1.82, 2.24) is 0 Å². The first-order valence-corrected chi connectivity index (χ1v) is 3.65. The lowest BCUT2D eigenvalue weighted by Crippen LogP contribution is -2.07. The van der Waals surface area contributed by atoms with Gasteiger partial charge in [0.25, 0.3) is 0 Å². The predicted octanol–water partition coefficient (Wildman–Crippen LogP) is 1.49. The molecule has 0 aliphatic carbocycles. The lowest BCUT2D eigenvalue weighted by Gasteiger charge is -2.02. The van der Waals surface area contributed by atoms with E-state index in [1.807, 2.05) is 6.92 Å². The zero-order chi connectivity index (χ0) is 8.69. The Balaban J connectivity index is 4.03. The molecule has 0 aliphatic heterocycles. The second kappa shape index (κ2) is 5.77. The van der Waals surface area contributed by atoms with Crippen LogP contribution in [0.1, 0.15) is 20.3 Å². The topological polar surface area (TPSA) is 35.5 Å². The lowest BCUT2D eigenvalue weighted by atomic mass is 10.2. The van der Waals surface area contributed by atoms with E-state index in [0.29, 0.717) is 18.6 Å². The zero-order valence-corrected chi connectivity index (χ0v) is 7.22. The van der Waals surface area contributed by atoms with Crippen LogP contribution >= 0.6 is 0 Å². The van der Waals surface area contributed by atoms with Crippen LogP contribution in [0.4, 0.5) is 0 Å². The number of hydrogen-bond acceptors (Lipinski definition) is 3. The third-order valence-corrected chi connectivity index (χ3v) is 1.18. The molecule has 0 rings (SSSR count). The highest BCUT2D eigenvalue weighted by Gasteiger charge is 2.07. The molecule has 64 valence electrons. The van der Waals surface area contributed by atoms with Crippen molar-refractivity contribution < 1.29 is 14.3 Å². The summed E-state index contributed by atoms with van der Waals surface area (Å²) in [6, 6.07) is 0. The Morgan fingerprint density at radius 3 is 2.45 bits per heavy atom. The number of rotatable bonds is 4. The fourth-order valence-corrected chi connectivity index (χ4v) is 0.642. The monoisotopic (exact) mass is 158 g/mol. The molecule has 0 aromatic rings. The van der Waals surface area contributed by atoms with E-state index in [-0.39, 0.29) is 5.97 Å². The standard InChI is InChI=1S/C8H14O3/c1-4-7(6-10-3)8(9)11-5-2/h6H,4-5H2,1-3H3/b7-6-. The maximum atomic E-state index is 11.0. The van der Waals surface area contributed by atoms with Crippen molar-refractivity contribution in [3.05, 3.63) is 11.8 Å². The van der Waals surface area contributed by atoms with E-state index in [2.05, 4.69) is 0 Å². The van der Waals surface area contributed by atoms with Crippen LogP contribution in [0.25, 0.3) is 0 Å². The molecule has 0 atom stereocenters. The van der Waals surface area contributed by atoms with E-state index in [9.17, 15) is 4.79 Å². The van der Waals surface area contributed by atoms with E-state index in [4.69, 9.17) is 9.47 Å². The van der Waals surface area contributed by atoms with Crippen LogP contribution in [0.5, 0.6) is 0 Å². The first-order chi connectivity index (χ1) is 5.26. The molecule has 0 bridgehead atoms. The number of carbonyl (C=O) groups is 1. The van der Waals surface area contributed by atoms with Crippen LogP contribution in [0.2, 0.25) is 0 Å². The highest BCUT2D eigenvalue weighted by molar-refractivity contribution is 5.87. The van der Waals surface area contributed by atoms with Crippen LogP contribution < -0.4 is 0 Å². The molecule has 0 unspecified atom stereocenters. The van der Waals surface area contributed by atoms with Crippen LogP contribution in [0, 0.1) is 0 Å². The molecule has 11 heavy (non-hydrogen) atoms. The number of carbonyl (C=O) groups excluding carboxylic acids is 1. The van der Waals surface area contributed by atoms with Gasteiger partial charge in [-0.2, -0.15) is 0 Å². The van der Waals surface area contributed by atoms with Crippen molar-refractivity contribution >= 4 is 5.97 Å². The van der Waals surface area contributed by atoms with Crippen LogP contribution in [0.3, 0.4) is 0 Å². The molecule has 0 saturated carbocycles. The Hall–Kier alpha value is -0.990. The molecule has 0 aromatic heterocycles. The van der Waals surface area contributed by atoms with Crippen molar-refractivity contribution in [1.29, 1.82) is 0 Å². The molecule has 3 nitrogen and oxygen atoms in total. The molecule has 0 aliphatic rings. The summed E-state index contributed by atoms with van der Waals surface area (Å²) in [5.74, 6) is -0.295. The fourth-order valence-electron chi connectivity index (χ4n) is 0.642. The third kappa shape index (κ3) is 3.65. The van der Waals surface area contributed by atoms with Gasteiger partial charge in [0.15, 0.2) is 0 Å². The SMILES string of the molecule is CCOC(=O)/C(=C\OC)CC. The van der Waals surface area contributed by atoms with Gasteiger partial charge in [-0.05, 0) is 13.3 Å². The summed E-state index contributed by atoms with van der Waals surface area (Å²) in [4.78, 5) is 11.0. The highest BCUT2D eigenvalue weighted by Crippen LogP contribution is 2.02. The van der Waals surface area contributed by atoms with Gasteiger partial charge in [0.2, 0.25) is 0 Å². The van der Waals surface area contributed by atoms with Gasteiger partial charge in [-0.3, -0.25) is 0 Å². The van der Waals surface area contributed by atoms with Crippen LogP contribution in [-0.2, 0) is 14.3 Å². The van der Waals surface area contributed by atoms with Gasteiger partial charge in [-0.1, -0.05) is 6.92 Å². The van der Waals surface area contributed by atoms with Crippen LogP contribution in [-0.4, -0.2) is 19.7 Å². The molecule has 0 radical (unpaired) electrons. The normalized spacial score (nSPS) is 11.0. The minimum atomic E-state index is -0.295. The Morgan fingerprint density at radius 1 is 1.45 bits per heavy atom. The molecule has 0 saturated heterocycles. The quantitative estimate of drug-likeness (QED) is 0.353. The summed E-state index contributed by atoms with van der Waals surface area (Å²) in [6.45, 7) is 4.06. The summed E-state index contributed by atoms with van der Waals surface area (Å²) < 4.78 is 9.46. The smallest absolute Gasteiger partial charge is 0.337 e. The summed E-state index contributed by atoms with van der Waals surface area (Å²) in [5.41, 5.74) is 0.564. The van der Waals surface area contributed by atoms with Gasteiger partial charge in [0, 0.05) is 0 Å². The lowest BCUT2D eigenvalue weighted by molar-refractivity contribution is -0.138. The molecular weight excluding hydrogens is 144 g/mol. The molecule has 0 N–H and O–H groups in total. The fraction of sp³-hybridized carbons (Fsp3) is 0.625. The number of esters is 1. The maximum absolute atomic E-state index is 11.0. The summed E-state index contributed by atoms with van der Waals surface area (Å²) in [7, 11) is 1.51. The molecular formula is C8H14O3. The first-order valence-electron chi connectivity index (χ1n) is 3.65. The molecule has 0 amide bonds. The minimum Gasteiger partial charge on any atom is -0.504 e. The van der Waals surface area contributed by atoms with Gasteiger partial charge in [-0.15, -0.1) is 0 Å². The van der Waals surface area contributed by atoms with Crippen LogP contribution in [0.15, 0.2) is 11.8 Å². The zero-order valence-electron chi connectivity index (χ0n) is 7.22. The summed E-state index contributed by atoms with van der Waals surface area (Å²) >= 11 is 0. The first kappa shape index (κ1) is 10.0. The number of hydrogen-bond donors (Lipinski definition) is 0. The van der Waals surface area contributed by atoms with E-state index in [0.717, 1.165) is 0 Å². The molecule has 0 heterocycles. The maximum Gasteiger partial charge on any atom is 0.337 e. The Morgan fingerprint density at radius 2 is 2.09 bits per heavy atom. The van der Waals surface area contributed by atoms with E-state index < -0.39 is 0 Å². The second-order valence-corrected chi connectivity index (χ2v) is 1.95. The van der Waals surface area contributed by atoms with Crippen molar-refractivity contribution in [2.75, 3.05) is 13.7 Å². The summed E-state index contributed by atoms with van der Waals surface area (Å²) in [5, 5.41) is 0. The summed E-state index contributed by atoms with van der Waals surface area (Å²) in [6.07, 6.45) is 2.05. The van der Waals surface area contributed by atoms with Gasteiger partial charge >= 0.3 is 5.97 Å². The Kier molecular flexibility index (Phi) is 5.25. The molecule has 0 fully saturated rings. The number of ether oxygens (including phenoxy) is 2. The van der Waals surface area contributed by atoms with E-state index in [1.165, 1.54) is 13.4 Å². The average molecular weight is 158 g/mol. The van der Waals surface area contributed by atoms with Gasteiger partial charge in [0.1, 0.15) is 0 Å². The van der Waals surface area contributed by atoms with E-state index in [1.54, 1.807) is 6.92 Å². The van der Waals surface area contributed by atoms with Crippen molar-refractivity contribution in [2.24, 2.45) is 0 Å². The number of methoxy groups -OCH3 is 1. The van der Waals surface area contributed by atoms with Gasteiger partial charge in [0.05, 0.1) is 25.6 Å². The van der Waals surface area contributed by atoms with Gasteiger partial charge < -0.3 is 9.47 Å². The molecule has 0 spiro atoms. The van der Waals surface area contributed by atoms with Crippen molar-refractivity contribution in [3.63, 3.8) is 0 Å².